The first kappa shape index (κ1) is 24.9. The Labute approximate surface area is 157 Å². The minimum atomic E-state index is 0.491. The summed E-state index contributed by atoms with van der Waals surface area (Å²) in [4.78, 5) is 4.47. The molecular weight excluding hydrogens is 312 g/mol. The number of unbranched alkanes of at least 4 members (excludes halogenated alkanes) is 9. The average Bonchev–Trinajstić information content (AvgIpc) is 2.64. The van der Waals surface area contributed by atoms with E-state index >= 15 is 0 Å². The summed E-state index contributed by atoms with van der Waals surface area (Å²) < 4.78 is 0. The summed E-state index contributed by atoms with van der Waals surface area (Å²) in [6.45, 7) is 7.50. The summed E-state index contributed by atoms with van der Waals surface area (Å²) in [5, 5.41) is 11.7. The van der Waals surface area contributed by atoms with E-state index in [9.17, 15) is 0 Å². The molecule has 0 amide bonds. The first-order valence-electron chi connectivity index (χ1n) is 11.2. The summed E-state index contributed by atoms with van der Waals surface area (Å²) in [7, 11) is 0. The molecule has 0 saturated heterocycles. The van der Waals surface area contributed by atoms with Crippen LogP contribution in [0, 0.1) is 5.41 Å². The van der Waals surface area contributed by atoms with Crippen LogP contribution in [-0.4, -0.2) is 11.9 Å². The van der Waals surface area contributed by atoms with Gasteiger partial charge >= 0.3 is 0 Å². The lowest BCUT2D eigenvalue weighted by molar-refractivity contribution is -0.490. The third-order valence-corrected chi connectivity index (χ3v) is 5.67. The van der Waals surface area contributed by atoms with E-state index < -0.39 is 0 Å². The molecule has 0 aliphatic rings. The zero-order chi connectivity index (χ0) is 18.6. The van der Waals surface area contributed by atoms with Crippen LogP contribution in [0.1, 0.15) is 130 Å². The van der Waals surface area contributed by atoms with Gasteiger partial charge < -0.3 is 0 Å². The molecule has 0 bridgehead atoms. The molecule has 0 unspecified atom stereocenters. The van der Waals surface area contributed by atoms with Gasteiger partial charge in [-0.15, -0.1) is 0 Å². The SMILES string of the molecule is CCCCC(CCCC)(CCCC)CCCCCCCCCOOO. The second-order valence-corrected chi connectivity index (χ2v) is 7.93. The van der Waals surface area contributed by atoms with Crippen molar-refractivity contribution in [3.05, 3.63) is 0 Å². The second kappa shape index (κ2) is 18.7. The van der Waals surface area contributed by atoms with Crippen molar-refractivity contribution in [3.63, 3.8) is 0 Å². The molecule has 1 N–H and O–H groups in total. The number of rotatable bonds is 20. The zero-order valence-corrected chi connectivity index (χ0v) is 17.5. The van der Waals surface area contributed by atoms with Crippen LogP contribution < -0.4 is 0 Å². The summed E-state index contributed by atoms with van der Waals surface area (Å²) in [6.07, 6.45) is 23.0. The monoisotopic (exact) mass is 358 g/mol. The molecule has 0 heterocycles. The summed E-state index contributed by atoms with van der Waals surface area (Å²) >= 11 is 0. The van der Waals surface area contributed by atoms with Crippen molar-refractivity contribution in [3.8, 4) is 0 Å². The molecule has 3 heteroatoms. The molecule has 0 aliphatic heterocycles. The van der Waals surface area contributed by atoms with Gasteiger partial charge in [0.2, 0.25) is 0 Å². The fourth-order valence-corrected chi connectivity index (χ4v) is 3.99. The van der Waals surface area contributed by atoms with Crippen LogP contribution in [0.5, 0.6) is 0 Å². The summed E-state index contributed by atoms with van der Waals surface area (Å²) in [5.41, 5.74) is 0.643. The molecule has 0 rings (SSSR count). The highest BCUT2D eigenvalue weighted by Gasteiger charge is 2.27. The fraction of sp³-hybridized carbons (Fsp3) is 1.00. The molecular formula is C22H46O3. The lowest BCUT2D eigenvalue weighted by atomic mass is 9.71. The van der Waals surface area contributed by atoms with Gasteiger partial charge in [0.25, 0.3) is 0 Å². The number of hydrogen-bond donors (Lipinski definition) is 1. The Kier molecular flexibility index (Phi) is 18.6. The minimum Gasteiger partial charge on any atom is -0.221 e. The van der Waals surface area contributed by atoms with Crippen molar-refractivity contribution in [1.29, 1.82) is 0 Å². The van der Waals surface area contributed by atoms with Gasteiger partial charge in [-0.2, -0.15) is 0 Å². The second-order valence-electron chi connectivity index (χ2n) is 7.93. The van der Waals surface area contributed by atoms with E-state index in [1.54, 1.807) is 0 Å². The van der Waals surface area contributed by atoms with Crippen LogP contribution in [-0.2, 0) is 9.93 Å². The first-order valence-corrected chi connectivity index (χ1v) is 11.2. The predicted octanol–water partition coefficient (Wildman–Crippen LogP) is 8.09. The van der Waals surface area contributed by atoms with E-state index in [1.165, 1.54) is 96.3 Å². The van der Waals surface area contributed by atoms with Gasteiger partial charge in [-0.05, 0) is 37.5 Å². The maximum Gasteiger partial charge on any atom is 0.0853 e. The highest BCUT2D eigenvalue weighted by Crippen LogP contribution is 2.41. The van der Waals surface area contributed by atoms with Crippen LogP contribution in [0.25, 0.3) is 0 Å². The van der Waals surface area contributed by atoms with Crippen LogP contribution in [0.2, 0.25) is 0 Å². The van der Waals surface area contributed by atoms with Gasteiger partial charge in [0, 0.05) is 0 Å². The van der Waals surface area contributed by atoms with Gasteiger partial charge in [0.05, 0.1) is 6.61 Å². The minimum absolute atomic E-state index is 0.491. The topological polar surface area (TPSA) is 38.7 Å². The quantitative estimate of drug-likeness (QED) is 0.136. The highest BCUT2D eigenvalue weighted by molar-refractivity contribution is 4.79. The van der Waals surface area contributed by atoms with Crippen LogP contribution in [0.15, 0.2) is 0 Å². The predicted molar refractivity (Wildman–Crippen MR) is 108 cm³/mol. The molecule has 3 nitrogen and oxygen atoms in total. The molecule has 0 aromatic heterocycles. The van der Waals surface area contributed by atoms with E-state index in [4.69, 9.17) is 5.26 Å². The molecule has 0 aliphatic carbocycles. The Morgan fingerprint density at radius 3 is 1.40 bits per heavy atom. The Hall–Kier alpha value is -0.120. The van der Waals surface area contributed by atoms with E-state index in [0.717, 1.165) is 12.8 Å². The van der Waals surface area contributed by atoms with E-state index in [0.29, 0.717) is 12.0 Å². The highest BCUT2D eigenvalue weighted by atomic mass is 17.5. The molecule has 0 atom stereocenters. The molecule has 0 aromatic carbocycles. The summed E-state index contributed by atoms with van der Waals surface area (Å²) in [6, 6.07) is 0. The van der Waals surface area contributed by atoms with Gasteiger partial charge in [-0.25, -0.2) is 10.1 Å². The van der Waals surface area contributed by atoms with E-state index in [-0.39, 0.29) is 0 Å². The lowest BCUT2D eigenvalue weighted by Crippen LogP contribution is -2.21. The summed E-state index contributed by atoms with van der Waals surface area (Å²) in [5.74, 6) is 0. The molecule has 0 radical (unpaired) electrons. The van der Waals surface area contributed by atoms with Crippen molar-refractivity contribution in [2.24, 2.45) is 5.41 Å². The fourth-order valence-electron chi connectivity index (χ4n) is 3.99. The molecule has 25 heavy (non-hydrogen) atoms. The standard InChI is InChI=1S/C22H46O3/c1-4-7-17-22(18-8-5-2,19-9-6-3)20-15-13-11-10-12-14-16-21-24-25-23/h23H,4-21H2,1-3H3. The largest absolute Gasteiger partial charge is 0.221 e. The third-order valence-electron chi connectivity index (χ3n) is 5.67. The van der Waals surface area contributed by atoms with Crippen LogP contribution in [0.4, 0.5) is 0 Å². The van der Waals surface area contributed by atoms with Crippen molar-refractivity contribution >= 4 is 0 Å². The van der Waals surface area contributed by atoms with Crippen molar-refractivity contribution in [2.75, 3.05) is 6.61 Å². The Bertz CT molecular complexity index is 234. The maximum absolute atomic E-state index is 8.07. The van der Waals surface area contributed by atoms with Gasteiger partial charge in [-0.3, -0.25) is 0 Å². The van der Waals surface area contributed by atoms with Crippen molar-refractivity contribution < 1.29 is 15.2 Å². The Morgan fingerprint density at radius 1 is 0.560 bits per heavy atom. The van der Waals surface area contributed by atoms with E-state index in [2.05, 4.69) is 30.7 Å². The van der Waals surface area contributed by atoms with Crippen molar-refractivity contribution in [2.45, 2.75) is 130 Å². The Balaban J connectivity index is 4.01. The normalized spacial score (nSPS) is 12.0. The smallest absolute Gasteiger partial charge is 0.0853 e. The van der Waals surface area contributed by atoms with Crippen LogP contribution >= 0.6 is 0 Å². The lowest BCUT2D eigenvalue weighted by Gasteiger charge is -2.35. The van der Waals surface area contributed by atoms with Gasteiger partial charge in [0.1, 0.15) is 0 Å². The molecule has 0 aromatic rings. The average molecular weight is 359 g/mol. The number of hydrogen-bond acceptors (Lipinski definition) is 3. The molecule has 152 valence electrons. The molecule has 0 saturated carbocycles. The zero-order valence-electron chi connectivity index (χ0n) is 17.5. The molecule has 0 fully saturated rings. The van der Waals surface area contributed by atoms with Crippen molar-refractivity contribution in [1.82, 2.24) is 0 Å². The molecule has 0 spiro atoms. The Morgan fingerprint density at radius 2 is 0.960 bits per heavy atom. The maximum atomic E-state index is 8.07. The van der Waals surface area contributed by atoms with Gasteiger partial charge in [0.15, 0.2) is 0 Å². The van der Waals surface area contributed by atoms with Gasteiger partial charge in [-0.1, -0.05) is 103 Å². The first-order chi connectivity index (χ1) is 12.2. The third kappa shape index (κ3) is 14.7. The van der Waals surface area contributed by atoms with Crippen LogP contribution in [0.3, 0.4) is 0 Å². The van der Waals surface area contributed by atoms with E-state index in [1.807, 2.05) is 0 Å².